The van der Waals surface area contributed by atoms with Crippen LogP contribution in [0, 0.1) is 17.2 Å². The molecule has 6 rings (SSSR count). The van der Waals surface area contributed by atoms with E-state index in [2.05, 4.69) is 26.3 Å². The molecule has 3 amide bonds. The van der Waals surface area contributed by atoms with E-state index in [-0.39, 0.29) is 35.5 Å². The summed E-state index contributed by atoms with van der Waals surface area (Å²) in [5, 5.41) is 17.4. The van der Waals surface area contributed by atoms with Gasteiger partial charge in [-0.05, 0) is 25.1 Å². The monoisotopic (exact) mass is 591 g/mol. The first-order valence-corrected chi connectivity index (χ1v) is 13.7. The Hall–Kier alpha value is -4.74. The van der Waals surface area contributed by atoms with Gasteiger partial charge >= 0.3 is 6.09 Å². The zero-order valence-corrected chi connectivity index (χ0v) is 23.3. The molecule has 2 fully saturated rings. The molecule has 216 valence electrons. The van der Waals surface area contributed by atoms with Crippen LogP contribution in [0.1, 0.15) is 6.92 Å². The van der Waals surface area contributed by atoms with Gasteiger partial charge in [0.05, 0.1) is 36.9 Å². The van der Waals surface area contributed by atoms with Crippen LogP contribution in [0.25, 0.3) is 33.5 Å². The molecule has 0 spiro atoms. The van der Waals surface area contributed by atoms with E-state index in [1.54, 1.807) is 34.7 Å². The highest BCUT2D eigenvalue weighted by atomic mass is 35.5. The van der Waals surface area contributed by atoms with Crippen molar-refractivity contribution in [2.75, 3.05) is 39.4 Å². The third kappa shape index (κ3) is 5.31. The number of carbonyl (C=O) groups is 3. The van der Waals surface area contributed by atoms with E-state index in [4.69, 9.17) is 31.4 Å². The second-order valence-electron chi connectivity index (χ2n) is 10.1. The summed E-state index contributed by atoms with van der Waals surface area (Å²) in [5.41, 5.74) is 2.19. The Bertz CT molecular complexity index is 1730. The Morgan fingerprint density at radius 3 is 2.81 bits per heavy atom. The van der Waals surface area contributed by atoms with Crippen LogP contribution < -0.4 is 10.1 Å². The Balaban J connectivity index is 1.23. The summed E-state index contributed by atoms with van der Waals surface area (Å²) >= 11 is 6.29. The molecule has 0 bridgehead atoms. The number of aromatic amines is 1. The number of H-pyrrole nitrogens is 1. The van der Waals surface area contributed by atoms with Gasteiger partial charge in [0, 0.05) is 42.8 Å². The maximum absolute atomic E-state index is 13.0. The number of fused-ring (bicyclic) bond motifs is 2. The van der Waals surface area contributed by atoms with Crippen LogP contribution in [0.3, 0.4) is 0 Å². The highest BCUT2D eigenvalue weighted by Gasteiger charge is 2.33. The third-order valence-corrected chi connectivity index (χ3v) is 7.47. The van der Waals surface area contributed by atoms with Crippen LogP contribution in [-0.2, 0) is 20.9 Å². The van der Waals surface area contributed by atoms with Gasteiger partial charge in [-0.1, -0.05) is 11.6 Å². The minimum Gasteiger partial charge on any atom is -0.406 e. The number of rotatable bonds is 6. The number of halogens is 1. The van der Waals surface area contributed by atoms with Crippen LogP contribution in [0.15, 0.2) is 30.6 Å². The topological polar surface area (TPSA) is 171 Å². The maximum atomic E-state index is 13.0. The fourth-order valence-electron chi connectivity index (χ4n) is 4.94. The number of likely N-dealkylation sites (tertiary alicyclic amines) is 1. The predicted octanol–water partition coefficient (Wildman–Crippen LogP) is 1.95. The van der Waals surface area contributed by atoms with Crippen LogP contribution in [0.2, 0.25) is 5.02 Å². The molecule has 42 heavy (non-hydrogen) atoms. The minimum absolute atomic E-state index is 0.0106. The first kappa shape index (κ1) is 27.4. The van der Waals surface area contributed by atoms with E-state index in [1.165, 1.54) is 17.3 Å². The summed E-state index contributed by atoms with van der Waals surface area (Å²) in [4.78, 5) is 53.4. The van der Waals surface area contributed by atoms with Gasteiger partial charge in [-0.3, -0.25) is 14.3 Å². The van der Waals surface area contributed by atoms with E-state index in [9.17, 15) is 14.4 Å². The number of hydrogen-bond donors (Lipinski definition) is 2. The number of carbonyl (C=O) groups excluding carboxylic acids is 3. The lowest BCUT2D eigenvalue weighted by Crippen LogP contribution is -2.56. The first-order valence-electron chi connectivity index (χ1n) is 13.3. The lowest BCUT2D eigenvalue weighted by Gasteiger charge is -2.36. The summed E-state index contributed by atoms with van der Waals surface area (Å²) in [6, 6.07) is 6.54. The summed E-state index contributed by atoms with van der Waals surface area (Å²) < 4.78 is 12.4. The van der Waals surface area contributed by atoms with Crippen molar-refractivity contribution in [3.8, 4) is 23.2 Å². The number of aromatic nitrogens is 5. The van der Waals surface area contributed by atoms with Crippen LogP contribution in [0.5, 0.6) is 5.75 Å². The molecule has 5 heterocycles. The molecule has 0 saturated carbocycles. The van der Waals surface area contributed by atoms with Gasteiger partial charge in [-0.2, -0.15) is 10.4 Å². The number of ether oxygens (including phenoxy) is 2. The molecule has 0 unspecified atom stereocenters. The van der Waals surface area contributed by atoms with E-state index >= 15 is 0 Å². The average molecular weight is 592 g/mol. The first-order chi connectivity index (χ1) is 20.3. The lowest BCUT2D eigenvalue weighted by atomic mass is 10.0. The number of nitrogens with one attached hydrogen (secondary N) is 2. The lowest BCUT2D eigenvalue weighted by molar-refractivity contribution is -0.138. The van der Waals surface area contributed by atoms with Crippen molar-refractivity contribution in [3.05, 3.63) is 35.6 Å². The van der Waals surface area contributed by atoms with Gasteiger partial charge in [0.1, 0.15) is 24.0 Å². The highest BCUT2D eigenvalue weighted by Crippen LogP contribution is 2.31. The second kappa shape index (κ2) is 11.3. The zero-order chi connectivity index (χ0) is 29.4. The Kier molecular flexibility index (Phi) is 7.36. The third-order valence-electron chi connectivity index (χ3n) is 7.23. The molecule has 0 radical (unpaired) electrons. The molecule has 3 aromatic heterocycles. The molecule has 0 aliphatic carbocycles. The van der Waals surface area contributed by atoms with Crippen molar-refractivity contribution in [2.24, 2.45) is 5.92 Å². The average Bonchev–Trinajstić information content (AvgIpc) is 3.53. The summed E-state index contributed by atoms with van der Waals surface area (Å²) in [6.45, 7) is 4.27. The number of benzene rings is 1. The maximum Gasteiger partial charge on any atom is 0.413 e. The number of nitriles is 1. The van der Waals surface area contributed by atoms with E-state index in [0.717, 1.165) is 5.39 Å². The molecule has 2 saturated heterocycles. The fraction of sp³-hybridized carbons (Fsp3) is 0.370. The summed E-state index contributed by atoms with van der Waals surface area (Å²) in [5.74, 6) is -0.457. The molecule has 2 aliphatic heterocycles. The Labute approximate surface area is 244 Å². The number of hydrogen-bond acceptors (Lipinski definition) is 9. The van der Waals surface area contributed by atoms with Crippen molar-refractivity contribution in [1.82, 2.24) is 39.8 Å². The molecular weight excluding hydrogens is 566 g/mol. The normalized spacial score (nSPS) is 16.2. The number of morpholine rings is 1. The smallest absolute Gasteiger partial charge is 0.406 e. The quantitative estimate of drug-likeness (QED) is 0.340. The van der Waals surface area contributed by atoms with Gasteiger partial charge in [-0.15, -0.1) is 0 Å². The molecule has 2 N–H and O–H groups in total. The van der Waals surface area contributed by atoms with Crippen molar-refractivity contribution in [3.63, 3.8) is 0 Å². The standard InChI is InChI=1S/C27H26ClN9O5/c1-15(26(39)36-12-16(9-29)13-36)32-27(40)42-21-11-31-25-24(21)33-19(10-30-25)23-18-3-2-17(28)8-20(18)37(34-23)14-22(38)35-4-6-41-7-5-35/h2-3,8,10-11,15-16H,4-7,12-14H2,1H3,(H,30,31)(H,32,40)/t15-/m1/s1. The molecule has 14 nitrogen and oxygen atoms in total. The SMILES string of the molecule is C[C@@H](NC(=O)Oc1c[nH]c2ncc(-c3nn(CC(=O)N4CCOCC4)c4cc(Cl)ccc34)nc12)C(=O)N1CC(C#N)C1. The molecule has 2 aliphatic rings. The predicted molar refractivity (Wildman–Crippen MR) is 149 cm³/mol. The molecule has 15 heteroatoms. The van der Waals surface area contributed by atoms with Crippen LogP contribution in [0.4, 0.5) is 4.79 Å². The van der Waals surface area contributed by atoms with Crippen molar-refractivity contribution in [1.29, 1.82) is 5.26 Å². The largest absolute Gasteiger partial charge is 0.413 e. The molecular formula is C27H26ClN9O5. The number of amides is 3. The summed E-state index contributed by atoms with van der Waals surface area (Å²) in [6.07, 6.45) is 2.15. The number of nitrogens with zero attached hydrogens (tertiary/aromatic N) is 7. The minimum atomic E-state index is -0.841. The van der Waals surface area contributed by atoms with E-state index in [0.29, 0.717) is 67.0 Å². The van der Waals surface area contributed by atoms with Crippen molar-refractivity contribution >= 4 is 51.6 Å². The van der Waals surface area contributed by atoms with Gasteiger partial charge in [0.2, 0.25) is 11.8 Å². The van der Waals surface area contributed by atoms with E-state index < -0.39 is 12.1 Å². The van der Waals surface area contributed by atoms with Gasteiger partial charge in [0.15, 0.2) is 16.9 Å². The van der Waals surface area contributed by atoms with Gasteiger partial charge < -0.3 is 29.6 Å². The van der Waals surface area contributed by atoms with Crippen molar-refractivity contribution < 1.29 is 23.9 Å². The zero-order valence-electron chi connectivity index (χ0n) is 22.5. The molecule has 1 aromatic carbocycles. The fourth-order valence-corrected chi connectivity index (χ4v) is 5.11. The Morgan fingerprint density at radius 2 is 2.05 bits per heavy atom. The molecule has 1 atom stereocenters. The second-order valence-corrected chi connectivity index (χ2v) is 10.5. The van der Waals surface area contributed by atoms with Crippen molar-refractivity contribution in [2.45, 2.75) is 19.5 Å². The van der Waals surface area contributed by atoms with E-state index in [1.807, 2.05) is 0 Å². The van der Waals surface area contributed by atoms with Gasteiger partial charge in [0.25, 0.3) is 0 Å². The summed E-state index contributed by atoms with van der Waals surface area (Å²) in [7, 11) is 0. The molecule has 4 aromatic rings. The van der Waals surface area contributed by atoms with Crippen LogP contribution in [-0.4, -0.2) is 97.9 Å². The van der Waals surface area contributed by atoms with Crippen LogP contribution >= 0.6 is 11.6 Å². The highest BCUT2D eigenvalue weighted by molar-refractivity contribution is 6.31. The Morgan fingerprint density at radius 1 is 1.26 bits per heavy atom. The van der Waals surface area contributed by atoms with Gasteiger partial charge in [-0.25, -0.2) is 14.8 Å².